The van der Waals surface area contributed by atoms with Gasteiger partial charge in [-0.05, 0) is 37.6 Å². The van der Waals surface area contributed by atoms with E-state index in [2.05, 4.69) is 4.98 Å². The average Bonchev–Trinajstić information content (AvgIpc) is 2.98. The van der Waals surface area contributed by atoms with E-state index in [0.717, 1.165) is 12.0 Å². The van der Waals surface area contributed by atoms with Crippen LogP contribution in [0.3, 0.4) is 0 Å². The normalized spacial score (nSPS) is 15.3. The van der Waals surface area contributed by atoms with E-state index < -0.39 is 0 Å². The van der Waals surface area contributed by atoms with E-state index in [9.17, 15) is 9.59 Å². The van der Waals surface area contributed by atoms with Crippen LogP contribution in [0.1, 0.15) is 32.8 Å². The first-order valence-electron chi connectivity index (χ1n) is 7.94. The maximum Gasteiger partial charge on any atom is 0.270 e. The molecule has 120 valence electrons. The van der Waals surface area contributed by atoms with Crippen molar-refractivity contribution >= 4 is 11.8 Å². The Balaban J connectivity index is 1.66. The molecule has 0 radical (unpaired) electrons. The number of nitrogens with zero attached hydrogens (tertiary/aromatic N) is 2. The van der Waals surface area contributed by atoms with Crippen LogP contribution < -0.4 is 0 Å². The summed E-state index contributed by atoms with van der Waals surface area (Å²) in [5, 5.41) is 0. The lowest BCUT2D eigenvalue weighted by atomic mass is 10.1. The van der Waals surface area contributed by atoms with Gasteiger partial charge in [-0.2, -0.15) is 0 Å². The molecule has 2 amide bonds. The summed E-state index contributed by atoms with van der Waals surface area (Å²) in [4.78, 5) is 31.6. The fourth-order valence-corrected chi connectivity index (χ4v) is 2.92. The number of carbonyl (C=O) groups excluding carboxylic acids is 2. The number of aromatic nitrogens is 1. The molecule has 1 aromatic heterocycles. The highest BCUT2D eigenvalue weighted by atomic mass is 16.2. The molecule has 5 heteroatoms. The van der Waals surface area contributed by atoms with Crippen molar-refractivity contribution in [2.75, 3.05) is 26.2 Å². The van der Waals surface area contributed by atoms with Crippen molar-refractivity contribution in [1.29, 1.82) is 0 Å². The Labute approximate surface area is 135 Å². The Morgan fingerprint density at radius 1 is 0.957 bits per heavy atom. The molecule has 1 aliphatic heterocycles. The smallest absolute Gasteiger partial charge is 0.270 e. The lowest BCUT2D eigenvalue weighted by Gasteiger charge is -2.22. The van der Waals surface area contributed by atoms with Crippen LogP contribution in [0.15, 0.2) is 42.6 Å². The zero-order chi connectivity index (χ0) is 16.2. The molecule has 0 saturated carbocycles. The molecule has 1 saturated heterocycles. The molecular weight excluding hydrogens is 290 g/mol. The Morgan fingerprint density at radius 3 is 2.35 bits per heavy atom. The molecule has 1 fully saturated rings. The highest BCUT2D eigenvalue weighted by Crippen LogP contribution is 2.12. The third kappa shape index (κ3) is 3.44. The van der Waals surface area contributed by atoms with E-state index in [1.54, 1.807) is 12.3 Å². The SMILES string of the molecule is Cc1cccc(C(=O)N2CCCN(C(=O)c3ccc[nH]3)CC2)c1. The summed E-state index contributed by atoms with van der Waals surface area (Å²) in [6.07, 6.45) is 2.54. The van der Waals surface area contributed by atoms with Crippen LogP contribution in [-0.4, -0.2) is 52.8 Å². The molecule has 5 nitrogen and oxygen atoms in total. The molecule has 0 bridgehead atoms. The number of carbonyl (C=O) groups is 2. The molecule has 3 rings (SSSR count). The van der Waals surface area contributed by atoms with Gasteiger partial charge >= 0.3 is 0 Å². The lowest BCUT2D eigenvalue weighted by Crippen LogP contribution is -2.37. The van der Waals surface area contributed by atoms with Crippen LogP contribution >= 0.6 is 0 Å². The molecule has 0 unspecified atom stereocenters. The van der Waals surface area contributed by atoms with Crippen LogP contribution in [0.5, 0.6) is 0 Å². The number of rotatable bonds is 2. The van der Waals surface area contributed by atoms with Crippen molar-refractivity contribution in [2.24, 2.45) is 0 Å². The van der Waals surface area contributed by atoms with E-state index in [1.165, 1.54) is 0 Å². The first kappa shape index (κ1) is 15.3. The predicted molar refractivity (Wildman–Crippen MR) is 88.4 cm³/mol. The van der Waals surface area contributed by atoms with Crippen molar-refractivity contribution in [3.05, 3.63) is 59.4 Å². The molecule has 23 heavy (non-hydrogen) atoms. The van der Waals surface area contributed by atoms with Crippen molar-refractivity contribution in [1.82, 2.24) is 14.8 Å². The molecule has 0 spiro atoms. The average molecular weight is 311 g/mol. The molecule has 0 aliphatic carbocycles. The van der Waals surface area contributed by atoms with Crippen molar-refractivity contribution in [3.8, 4) is 0 Å². The van der Waals surface area contributed by atoms with Gasteiger partial charge < -0.3 is 14.8 Å². The number of benzene rings is 1. The molecule has 2 heterocycles. The second kappa shape index (κ2) is 6.69. The summed E-state index contributed by atoms with van der Waals surface area (Å²) in [6, 6.07) is 11.2. The molecule has 1 aliphatic rings. The Kier molecular flexibility index (Phi) is 4.46. The second-order valence-electron chi connectivity index (χ2n) is 5.89. The highest BCUT2D eigenvalue weighted by Gasteiger charge is 2.23. The van der Waals surface area contributed by atoms with Crippen LogP contribution in [0, 0.1) is 6.92 Å². The van der Waals surface area contributed by atoms with Gasteiger partial charge in [-0.3, -0.25) is 9.59 Å². The fraction of sp³-hybridized carbons (Fsp3) is 0.333. The molecule has 0 atom stereocenters. The monoisotopic (exact) mass is 311 g/mol. The molecule has 1 aromatic carbocycles. The number of amides is 2. The highest BCUT2D eigenvalue weighted by molar-refractivity contribution is 5.95. The topological polar surface area (TPSA) is 56.4 Å². The molecule has 1 N–H and O–H groups in total. The number of aryl methyl sites for hydroxylation is 1. The maximum absolute atomic E-state index is 12.6. The third-order valence-corrected chi connectivity index (χ3v) is 4.16. The van der Waals surface area contributed by atoms with E-state index >= 15 is 0 Å². The van der Waals surface area contributed by atoms with Gasteiger partial charge in [-0.1, -0.05) is 17.7 Å². The van der Waals surface area contributed by atoms with E-state index in [1.807, 2.05) is 47.1 Å². The van der Waals surface area contributed by atoms with Crippen LogP contribution in [-0.2, 0) is 0 Å². The van der Waals surface area contributed by atoms with Gasteiger partial charge in [0.1, 0.15) is 5.69 Å². The van der Waals surface area contributed by atoms with Gasteiger partial charge in [0.2, 0.25) is 0 Å². The number of hydrogen-bond acceptors (Lipinski definition) is 2. The molecule has 2 aromatic rings. The van der Waals surface area contributed by atoms with E-state index in [-0.39, 0.29) is 11.8 Å². The van der Waals surface area contributed by atoms with Gasteiger partial charge in [0, 0.05) is 37.9 Å². The summed E-state index contributed by atoms with van der Waals surface area (Å²) >= 11 is 0. The van der Waals surface area contributed by atoms with Crippen LogP contribution in [0.4, 0.5) is 0 Å². The predicted octanol–water partition coefficient (Wildman–Crippen LogP) is 2.31. The van der Waals surface area contributed by atoms with Crippen molar-refractivity contribution < 1.29 is 9.59 Å². The number of H-pyrrole nitrogens is 1. The molecular formula is C18H21N3O2. The minimum atomic E-state index is -0.000135. The van der Waals surface area contributed by atoms with Crippen molar-refractivity contribution in [2.45, 2.75) is 13.3 Å². The Hall–Kier alpha value is -2.56. The third-order valence-electron chi connectivity index (χ3n) is 4.16. The lowest BCUT2D eigenvalue weighted by molar-refractivity contribution is 0.0716. The number of aromatic amines is 1. The van der Waals surface area contributed by atoms with E-state index in [4.69, 9.17) is 0 Å². The standard InChI is InChI=1S/C18H21N3O2/c1-14-5-2-6-15(13-14)17(22)20-9-4-10-21(12-11-20)18(23)16-7-3-8-19-16/h2-3,5-8,13,19H,4,9-12H2,1H3. The fourth-order valence-electron chi connectivity index (χ4n) is 2.92. The van der Waals surface area contributed by atoms with Crippen LogP contribution in [0.2, 0.25) is 0 Å². The van der Waals surface area contributed by atoms with Crippen LogP contribution in [0.25, 0.3) is 0 Å². The summed E-state index contributed by atoms with van der Waals surface area (Å²) in [6.45, 7) is 4.47. The maximum atomic E-state index is 12.6. The first-order valence-corrected chi connectivity index (χ1v) is 7.94. The van der Waals surface area contributed by atoms with E-state index in [0.29, 0.717) is 37.4 Å². The van der Waals surface area contributed by atoms with Crippen molar-refractivity contribution in [3.63, 3.8) is 0 Å². The van der Waals surface area contributed by atoms with Gasteiger partial charge in [0.15, 0.2) is 0 Å². The summed E-state index contributed by atoms with van der Waals surface area (Å²) < 4.78 is 0. The first-order chi connectivity index (χ1) is 11.1. The summed E-state index contributed by atoms with van der Waals surface area (Å²) in [5.74, 6) is 0.0442. The Morgan fingerprint density at radius 2 is 1.70 bits per heavy atom. The largest absolute Gasteiger partial charge is 0.357 e. The van der Waals surface area contributed by atoms with Gasteiger partial charge in [0.05, 0.1) is 0 Å². The second-order valence-corrected chi connectivity index (χ2v) is 5.89. The van der Waals surface area contributed by atoms with Gasteiger partial charge in [-0.25, -0.2) is 0 Å². The zero-order valence-electron chi connectivity index (χ0n) is 13.3. The minimum Gasteiger partial charge on any atom is -0.357 e. The van der Waals surface area contributed by atoms with Gasteiger partial charge in [-0.15, -0.1) is 0 Å². The summed E-state index contributed by atoms with van der Waals surface area (Å²) in [5.41, 5.74) is 2.40. The quantitative estimate of drug-likeness (QED) is 0.925. The minimum absolute atomic E-state index is 0.000135. The zero-order valence-corrected chi connectivity index (χ0v) is 13.3. The Bertz CT molecular complexity index is 694. The number of nitrogens with one attached hydrogen (secondary N) is 1. The summed E-state index contributed by atoms with van der Waals surface area (Å²) in [7, 11) is 0. The number of hydrogen-bond donors (Lipinski definition) is 1. The van der Waals surface area contributed by atoms with Gasteiger partial charge in [0.25, 0.3) is 11.8 Å².